The minimum Gasteiger partial charge on any atom is -0.460 e. The molecule has 0 fully saturated rings. The van der Waals surface area contributed by atoms with Gasteiger partial charge in [0.05, 0.1) is 10.7 Å². The van der Waals surface area contributed by atoms with E-state index in [1.54, 1.807) is 0 Å². The van der Waals surface area contributed by atoms with E-state index in [2.05, 4.69) is 26.2 Å². The topological polar surface area (TPSA) is 68.3 Å². The molecule has 5 nitrogen and oxygen atoms in total. The van der Waals surface area contributed by atoms with Crippen LogP contribution in [0.3, 0.4) is 0 Å². The number of hydrogen-bond donors (Lipinski definition) is 1. The Kier molecular flexibility index (Phi) is 8.00. The van der Waals surface area contributed by atoms with Crippen LogP contribution >= 0.6 is 27.3 Å². The molecule has 0 aliphatic heterocycles. The molecule has 0 unspecified atom stereocenters. The number of aryl methyl sites for hydroxylation is 4. The van der Waals surface area contributed by atoms with E-state index in [9.17, 15) is 9.59 Å². The number of anilines is 1. The molecule has 29 heavy (non-hydrogen) atoms. The third kappa shape index (κ3) is 7.23. The van der Waals surface area contributed by atoms with Gasteiger partial charge in [-0.1, -0.05) is 15.9 Å². The number of unbranched alkanes of at least 4 members (excludes halogenated alkanes) is 1. The number of thiazole rings is 1. The predicted molar refractivity (Wildman–Crippen MR) is 122 cm³/mol. The second kappa shape index (κ2) is 9.85. The van der Waals surface area contributed by atoms with Crippen molar-refractivity contribution < 1.29 is 14.3 Å². The second-order valence-electron chi connectivity index (χ2n) is 8.18. The molecule has 0 atom stereocenters. The van der Waals surface area contributed by atoms with E-state index in [1.165, 1.54) is 11.3 Å². The average molecular weight is 481 g/mol. The Balaban J connectivity index is 1.93. The Hall–Kier alpha value is -1.73. The highest BCUT2D eigenvalue weighted by molar-refractivity contribution is 9.10. The van der Waals surface area contributed by atoms with Crippen molar-refractivity contribution in [2.75, 3.05) is 5.32 Å². The molecule has 0 radical (unpaired) electrons. The van der Waals surface area contributed by atoms with Crippen molar-refractivity contribution in [2.45, 2.75) is 72.8 Å². The van der Waals surface area contributed by atoms with Gasteiger partial charge >= 0.3 is 5.97 Å². The van der Waals surface area contributed by atoms with Crippen LogP contribution in [0.1, 0.15) is 71.5 Å². The first-order valence-electron chi connectivity index (χ1n) is 9.72. The van der Waals surface area contributed by atoms with Crippen molar-refractivity contribution in [3.05, 3.63) is 43.3 Å². The van der Waals surface area contributed by atoms with Crippen molar-refractivity contribution in [3.63, 3.8) is 0 Å². The quantitative estimate of drug-likeness (QED) is 0.381. The Labute approximate surface area is 185 Å². The number of hydrogen-bond acceptors (Lipinski definition) is 5. The van der Waals surface area contributed by atoms with Crippen molar-refractivity contribution >= 4 is 44.8 Å². The fraction of sp³-hybridized carbons (Fsp3) is 0.500. The van der Waals surface area contributed by atoms with E-state index in [0.29, 0.717) is 11.3 Å². The van der Waals surface area contributed by atoms with Crippen LogP contribution in [-0.2, 0) is 16.0 Å². The van der Waals surface area contributed by atoms with E-state index < -0.39 is 5.60 Å². The Morgan fingerprint density at radius 1 is 1.14 bits per heavy atom. The zero-order valence-corrected chi connectivity index (χ0v) is 20.3. The maximum atomic E-state index is 12.8. The molecule has 158 valence electrons. The number of rotatable bonds is 7. The van der Waals surface area contributed by atoms with E-state index >= 15 is 0 Å². The first kappa shape index (κ1) is 23.5. The summed E-state index contributed by atoms with van der Waals surface area (Å²) in [4.78, 5) is 29.7. The highest BCUT2D eigenvalue weighted by atomic mass is 79.9. The lowest BCUT2D eigenvalue weighted by Crippen LogP contribution is -2.23. The molecule has 1 amide bonds. The molecule has 1 aromatic carbocycles. The predicted octanol–water partition coefficient (Wildman–Crippen LogP) is 6.14. The first-order valence-corrected chi connectivity index (χ1v) is 11.3. The summed E-state index contributed by atoms with van der Waals surface area (Å²) < 4.78 is 6.31. The van der Waals surface area contributed by atoms with Crippen LogP contribution < -0.4 is 5.32 Å². The van der Waals surface area contributed by atoms with Gasteiger partial charge in [-0.05, 0) is 84.1 Å². The molecule has 2 aromatic rings. The van der Waals surface area contributed by atoms with Crippen LogP contribution in [0.15, 0.2) is 16.6 Å². The lowest BCUT2D eigenvalue weighted by atomic mass is 10.1. The standard InChI is InChI=1S/C22H29BrN2O3S/c1-13-11-16(23)12-14(2)19(13)25-21(27)20-15(3)24-17(29-20)9-7-8-10-18(26)28-22(4,5)6/h11-12H,7-10H2,1-6H3,(H,25,27). The van der Waals surface area contributed by atoms with E-state index in [-0.39, 0.29) is 11.9 Å². The summed E-state index contributed by atoms with van der Waals surface area (Å²) in [5.74, 6) is -0.304. The Morgan fingerprint density at radius 3 is 2.34 bits per heavy atom. The average Bonchev–Trinajstić information content (AvgIpc) is 2.94. The molecule has 0 aliphatic rings. The van der Waals surface area contributed by atoms with Gasteiger partial charge in [-0.15, -0.1) is 11.3 Å². The number of nitrogens with zero attached hydrogens (tertiary/aromatic N) is 1. The number of esters is 1. The lowest BCUT2D eigenvalue weighted by Gasteiger charge is -2.19. The monoisotopic (exact) mass is 480 g/mol. The number of carbonyl (C=O) groups is 2. The van der Waals surface area contributed by atoms with Crippen LogP contribution in [0, 0.1) is 20.8 Å². The van der Waals surface area contributed by atoms with Crippen LogP contribution in [0.4, 0.5) is 5.69 Å². The molecule has 1 heterocycles. The third-order valence-corrected chi connectivity index (χ3v) is 5.90. The maximum Gasteiger partial charge on any atom is 0.306 e. The van der Waals surface area contributed by atoms with E-state index in [4.69, 9.17) is 4.74 Å². The SMILES string of the molecule is Cc1cc(Br)cc(C)c1NC(=O)c1sc(CCCCC(=O)OC(C)(C)C)nc1C. The van der Waals surface area contributed by atoms with Crippen molar-refractivity contribution in [2.24, 2.45) is 0 Å². The molecule has 0 saturated heterocycles. The van der Waals surface area contributed by atoms with Gasteiger partial charge in [0.15, 0.2) is 0 Å². The molecule has 7 heteroatoms. The minimum atomic E-state index is -0.447. The number of amides is 1. The van der Waals surface area contributed by atoms with Gasteiger partial charge in [-0.25, -0.2) is 4.98 Å². The summed E-state index contributed by atoms with van der Waals surface area (Å²) in [6, 6.07) is 3.97. The number of carbonyl (C=O) groups excluding carboxylic acids is 2. The van der Waals surface area contributed by atoms with Gasteiger partial charge in [-0.2, -0.15) is 0 Å². The Morgan fingerprint density at radius 2 is 1.76 bits per heavy atom. The second-order valence-corrected chi connectivity index (χ2v) is 10.2. The normalized spacial score (nSPS) is 11.4. The highest BCUT2D eigenvalue weighted by Gasteiger charge is 2.18. The van der Waals surface area contributed by atoms with Crippen molar-refractivity contribution in [1.82, 2.24) is 4.98 Å². The molecule has 1 aromatic heterocycles. The molecular formula is C22H29BrN2O3S. The summed E-state index contributed by atoms with van der Waals surface area (Å²) in [6.45, 7) is 11.4. The van der Waals surface area contributed by atoms with Crippen molar-refractivity contribution in [1.29, 1.82) is 0 Å². The zero-order chi connectivity index (χ0) is 21.8. The van der Waals surface area contributed by atoms with Gasteiger partial charge in [-0.3, -0.25) is 9.59 Å². The fourth-order valence-electron chi connectivity index (χ4n) is 2.99. The smallest absolute Gasteiger partial charge is 0.306 e. The number of benzene rings is 1. The van der Waals surface area contributed by atoms with Crippen LogP contribution in [0.5, 0.6) is 0 Å². The minimum absolute atomic E-state index is 0.131. The van der Waals surface area contributed by atoms with Gasteiger partial charge in [0, 0.05) is 16.6 Å². The summed E-state index contributed by atoms with van der Waals surface area (Å²) in [7, 11) is 0. The van der Waals surface area contributed by atoms with Gasteiger partial charge in [0.25, 0.3) is 5.91 Å². The maximum absolute atomic E-state index is 12.8. The van der Waals surface area contributed by atoms with Crippen LogP contribution in [0.2, 0.25) is 0 Å². The summed E-state index contributed by atoms with van der Waals surface area (Å²) in [6.07, 6.45) is 2.72. The van der Waals surface area contributed by atoms with E-state index in [1.807, 2.05) is 53.7 Å². The molecule has 0 saturated carbocycles. The number of ether oxygens (including phenoxy) is 1. The molecule has 0 aliphatic carbocycles. The van der Waals surface area contributed by atoms with E-state index in [0.717, 1.165) is 51.3 Å². The largest absolute Gasteiger partial charge is 0.460 e. The summed E-state index contributed by atoms with van der Waals surface area (Å²) in [5.41, 5.74) is 3.15. The van der Waals surface area contributed by atoms with Gasteiger partial charge in [0.1, 0.15) is 10.5 Å². The molecule has 1 N–H and O–H groups in total. The van der Waals surface area contributed by atoms with Crippen LogP contribution in [0.25, 0.3) is 0 Å². The van der Waals surface area contributed by atoms with Crippen molar-refractivity contribution in [3.8, 4) is 0 Å². The molecule has 2 rings (SSSR count). The molecule has 0 spiro atoms. The van der Waals surface area contributed by atoms with Crippen LogP contribution in [-0.4, -0.2) is 22.5 Å². The number of aromatic nitrogens is 1. The number of nitrogens with one attached hydrogen (secondary N) is 1. The Bertz CT molecular complexity index is 877. The third-order valence-electron chi connectivity index (χ3n) is 4.22. The van der Waals surface area contributed by atoms with Gasteiger partial charge in [0.2, 0.25) is 0 Å². The summed E-state index contributed by atoms with van der Waals surface area (Å²) in [5, 5.41) is 3.95. The van der Waals surface area contributed by atoms with Gasteiger partial charge < -0.3 is 10.1 Å². The fourth-order valence-corrected chi connectivity index (χ4v) is 4.67. The number of halogens is 1. The molecule has 0 bridgehead atoms. The highest BCUT2D eigenvalue weighted by Crippen LogP contribution is 2.27. The zero-order valence-electron chi connectivity index (χ0n) is 17.9. The first-order chi connectivity index (χ1) is 13.5. The summed E-state index contributed by atoms with van der Waals surface area (Å²) >= 11 is 4.90. The molecular weight excluding hydrogens is 452 g/mol. The lowest BCUT2D eigenvalue weighted by molar-refractivity contribution is -0.154.